The molecule has 0 aromatic carbocycles. The highest BCUT2D eigenvalue weighted by Gasteiger charge is 2.07. The summed E-state index contributed by atoms with van der Waals surface area (Å²) >= 11 is 1.65. The Labute approximate surface area is 108 Å². The molecule has 0 saturated heterocycles. The number of hydrogen-bond acceptors (Lipinski definition) is 6. The summed E-state index contributed by atoms with van der Waals surface area (Å²) in [4.78, 5) is 19.6. The molecule has 2 aromatic rings. The predicted octanol–water partition coefficient (Wildman–Crippen LogP) is 0.796. The number of thiophene rings is 1. The number of nitrogen functional groups attached to an aromatic ring is 1. The first-order valence-corrected chi connectivity index (χ1v) is 6.32. The van der Waals surface area contributed by atoms with Crippen LogP contribution in [0.3, 0.4) is 0 Å². The Bertz CT molecular complexity index is 497. The summed E-state index contributed by atoms with van der Waals surface area (Å²) in [7, 11) is 0. The van der Waals surface area contributed by atoms with E-state index < -0.39 is 0 Å². The molecule has 0 unspecified atom stereocenters. The topological polar surface area (TPSA) is 92.9 Å². The maximum atomic E-state index is 11.7. The molecule has 0 saturated carbocycles. The van der Waals surface area contributed by atoms with E-state index >= 15 is 0 Å². The van der Waals surface area contributed by atoms with Crippen LogP contribution in [0.5, 0.6) is 0 Å². The fraction of sp³-hybridized carbons (Fsp3) is 0.182. The third kappa shape index (κ3) is 3.25. The Balaban J connectivity index is 1.83. The van der Waals surface area contributed by atoms with E-state index in [0.717, 1.165) is 6.42 Å². The van der Waals surface area contributed by atoms with Crippen LogP contribution in [0.15, 0.2) is 29.2 Å². The van der Waals surface area contributed by atoms with Gasteiger partial charge in [-0.2, -0.15) is 11.3 Å². The van der Waals surface area contributed by atoms with Crippen LogP contribution in [0.25, 0.3) is 0 Å². The largest absolute Gasteiger partial charge is 0.350 e. The first-order chi connectivity index (χ1) is 8.79. The van der Waals surface area contributed by atoms with Crippen molar-refractivity contribution in [1.82, 2.24) is 15.3 Å². The van der Waals surface area contributed by atoms with Crippen LogP contribution in [-0.4, -0.2) is 22.4 Å². The van der Waals surface area contributed by atoms with Gasteiger partial charge in [-0.15, -0.1) is 0 Å². The van der Waals surface area contributed by atoms with Crippen LogP contribution < -0.4 is 16.6 Å². The molecular formula is C11H13N5OS. The Morgan fingerprint density at radius 2 is 2.28 bits per heavy atom. The van der Waals surface area contributed by atoms with Crippen molar-refractivity contribution < 1.29 is 4.79 Å². The van der Waals surface area contributed by atoms with Gasteiger partial charge in [-0.25, -0.2) is 15.8 Å². The Hall–Kier alpha value is -1.99. The van der Waals surface area contributed by atoms with Crippen molar-refractivity contribution >= 4 is 23.1 Å². The molecule has 2 rings (SSSR count). The van der Waals surface area contributed by atoms with Crippen LogP contribution in [0.1, 0.15) is 16.1 Å². The van der Waals surface area contributed by atoms with Crippen molar-refractivity contribution in [1.29, 1.82) is 0 Å². The molecule has 0 aliphatic rings. The molecule has 2 aromatic heterocycles. The fourth-order valence-corrected chi connectivity index (χ4v) is 2.07. The van der Waals surface area contributed by atoms with Crippen molar-refractivity contribution in [2.24, 2.45) is 5.84 Å². The summed E-state index contributed by atoms with van der Waals surface area (Å²) in [5, 5.41) is 6.86. The maximum Gasteiger partial charge on any atom is 0.271 e. The average Bonchev–Trinajstić information content (AvgIpc) is 2.92. The number of nitrogens with one attached hydrogen (secondary N) is 2. The van der Waals surface area contributed by atoms with Gasteiger partial charge in [-0.1, -0.05) is 0 Å². The molecular weight excluding hydrogens is 250 g/mol. The standard InChI is InChI=1S/C11H13N5OS/c12-16-10-6-14-9(5-15-10)11(17)13-3-1-8-2-4-18-7-8/h2,4-7H,1,3,12H2,(H,13,17)(H,15,16). The van der Waals surface area contributed by atoms with E-state index in [2.05, 4.69) is 26.1 Å². The molecule has 0 atom stereocenters. The van der Waals surface area contributed by atoms with Crippen molar-refractivity contribution in [3.8, 4) is 0 Å². The number of rotatable bonds is 5. The van der Waals surface area contributed by atoms with Crippen molar-refractivity contribution in [3.63, 3.8) is 0 Å². The summed E-state index contributed by atoms with van der Waals surface area (Å²) in [5.41, 5.74) is 3.84. The van der Waals surface area contributed by atoms with Crippen molar-refractivity contribution in [2.45, 2.75) is 6.42 Å². The fourth-order valence-electron chi connectivity index (χ4n) is 1.37. The number of amides is 1. The summed E-state index contributed by atoms with van der Waals surface area (Å²) in [6, 6.07) is 2.04. The Morgan fingerprint density at radius 3 is 2.89 bits per heavy atom. The molecule has 94 valence electrons. The minimum absolute atomic E-state index is 0.235. The van der Waals surface area contributed by atoms with E-state index in [1.807, 2.05) is 11.4 Å². The predicted molar refractivity (Wildman–Crippen MR) is 70.2 cm³/mol. The number of nitrogens with zero attached hydrogens (tertiary/aromatic N) is 2. The van der Waals surface area contributed by atoms with E-state index in [0.29, 0.717) is 12.4 Å². The quantitative estimate of drug-likeness (QED) is 0.548. The van der Waals surface area contributed by atoms with Gasteiger partial charge in [0.2, 0.25) is 0 Å². The van der Waals surface area contributed by atoms with Crippen LogP contribution >= 0.6 is 11.3 Å². The molecule has 0 spiro atoms. The van der Waals surface area contributed by atoms with Gasteiger partial charge >= 0.3 is 0 Å². The molecule has 18 heavy (non-hydrogen) atoms. The number of hydrazine groups is 1. The zero-order chi connectivity index (χ0) is 12.8. The highest BCUT2D eigenvalue weighted by atomic mass is 32.1. The lowest BCUT2D eigenvalue weighted by Gasteiger charge is -2.04. The van der Waals surface area contributed by atoms with Gasteiger partial charge < -0.3 is 10.7 Å². The smallest absolute Gasteiger partial charge is 0.271 e. The normalized spacial score (nSPS) is 10.1. The number of carbonyl (C=O) groups is 1. The Morgan fingerprint density at radius 1 is 1.39 bits per heavy atom. The van der Waals surface area contributed by atoms with Crippen molar-refractivity contribution in [3.05, 3.63) is 40.5 Å². The van der Waals surface area contributed by atoms with Gasteiger partial charge in [0, 0.05) is 6.54 Å². The van der Waals surface area contributed by atoms with E-state index in [1.54, 1.807) is 11.3 Å². The van der Waals surface area contributed by atoms with Gasteiger partial charge in [0.1, 0.15) is 5.69 Å². The third-order valence-corrected chi connectivity index (χ3v) is 3.04. The number of hydrogen-bond donors (Lipinski definition) is 3. The van der Waals surface area contributed by atoms with E-state index in [1.165, 1.54) is 18.0 Å². The second kappa shape index (κ2) is 6.08. The first kappa shape index (κ1) is 12.5. The zero-order valence-electron chi connectivity index (χ0n) is 9.59. The summed E-state index contributed by atoms with van der Waals surface area (Å²) in [5.74, 6) is 5.34. The lowest BCUT2D eigenvalue weighted by Crippen LogP contribution is -2.26. The molecule has 0 radical (unpaired) electrons. The number of carbonyl (C=O) groups excluding carboxylic acids is 1. The molecule has 1 amide bonds. The van der Waals surface area contributed by atoms with Gasteiger partial charge in [-0.05, 0) is 28.8 Å². The lowest BCUT2D eigenvalue weighted by molar-refractivity contribution is 0.0949. The monoisotopic (exact) mass is 263 g/mol. The number of nitrogens with two attached hydrogens (primary N) is 1. The van der Waals surface area contributed by atoms with E-state index in [9.17, 15) is 4.79 Å². The molecule has 0 aliphatic heterocycles. The second-order valence-electron chi connectivity index (χ2n) is 3.57. The molecule has 0 fully saturated rings. The molecule has 6 nitrogen and oxygen atoms in total. The van der Waals surface area contributed by atoms with E-state index in [-0.39, 0.29) is 11.6 Å². The minimum atomic E-state index is -0.235. The summed E-state index contributed by atoms with van der Waals surface area (Å²) in [6.45, 7) is 0.578. The molecule has 7 heteroatoms. The van der Waals surface area contributed by atoms with Crippen LogP contribution in [-0.2, 0) is 6.42 Å². The maximum absolute atomic E-state index is 11.7. The Kier molecular flexibility index (Phi) is 4.21. The second-order valence-corrected chi connectivity index (χ2v) is 4.35. The van der Waals surface area contributed by atoms with Crippen LogP contribution in [0.2, 0.25) is 0 Å². The van der Waals surface area contributed by atoms with Crippen molar-refractivity contribution in [2.75, 3.05) is 12.0 Å². The van der Waals surface area contributed by atoms with Gasteiger partial charge in [0.15, 0.2) is 5.82 Å². The highest BCUT2D eigenvalue weighted by Crippen LogP contribution is 2.05. The van der Waals surface area contributed by atoms with Crippen LogP contribution in [0, 0.1) is 0 Å². The molecule has 0 aliphatic carbocycles. The highest BCUT2D eigenvalue weighted by molar-refractivity contribution is 7.07. The molecule has 2 heterocycles. The number of aromatic nitrogens is 2. The molecule has 0 bridgehead atoms. The summed E-state index contributed by atoms with van der Waals surface area (Å²) < 4.78 is 0. The zero-order valence-corrected chi connectivity index (χ0v) is 10.4. The SMILES string of the molecule is NNc1cnc(C(=O)NCCc2ccsc2)cn1. The van der Waals surface area contributed by atoms with Gasteiger partial charge in [0.25, 0.3) is 5.91 Å². The van der Waals surface area contributed by atoms with E-state index in [4.69, 9.17) is 5.84 Å². The third-order valence-electron chi connectivity index (χ3n) is 2.31. The van der Waals surface area contributed by atoms with Crippen LogP contribution in [0.4, 0.5) is 5.82 Å². The van der Waals surface area contributed by atoms with Gasteiger partial charge in [-0.3, -0.25) is 4.79 Å². The first-order valence-electron chi connectivity index (χ1n) is 5.37. The average molecular weight is 263 g/mol. The lowest BCUT2D eigenvalue weighted by atomic mass is 10.2. The number of anilines is 1. The van der Waals surface area contributed by atoms with Gasteiger partial charge in [0.05, 0.1) is 12.4 Å². The molecule has 4 N–H and O–H groups in total. The minimum Gasteiger partial charge on any atom is -0.350 e. The summed E-state index contributed by atoms with van der Waals surface area (Å²) in [6.07, 6.45) is 3.61.